The van der Waals surface area contributed by atoms with Crippen LogP contribution in [0, 0.1) is 5.92 Å². The van der Waals surface area contributed by atoms with Crippen molar-refractivity contribution < 1.29 is 4.79 Å². The molecule has 12 heavy (non-hydrogen) atoms. The van der Waals surface area contributed by atoms with Crippen molar-refractivity contribution in [3.05, 3.63) is 12.7 Å². The average molecular weight is 171 g/mol. The highest BCUT2D eigenvalue weighted by Crippen LogP contribution is 2.00. The SMILES string of the molecule is C=CC(C)C(=O)N(C)CC.CC. The van der Waals surface area contributed by atoms with Gasteiger partial charge >= 0.3 is 0 Å². The number of rotatable bonds is 3. The van der Waals surface area contributed by atoms with Crippen molar-refractivity contribution >= 4 is 5.91 Å². The standard InChI is InChI=1S/C8H15NO.C2H6/c1-5-7(3)8(10)9(4)6-2;1-2/h5,7H,1,6H2,2-4H3;1-2H3. The highest BCUT2D eigenvalue weighted by molar-refractivity contribution is 5.79. The number of carbonyl (C=O) groups excluding carboxylic acids is 1. The molecule has 1 amide bonds. The highest BCUT2D eigenvalue weighted by atomic mass is 16.2. The van der Waals surface area contributed by atoms with Crippen LogP contribution in [0.25, 0.3) is 0 Å². The zero-order chi connectivity index (χ0) is 10.1. The van der Waals surface area contributed by atoms with Crippen LogP contribution in [0.5, 0.6) is 0 Å². The van der Waals surface area contributed by atoms with Crippen LogP contribution in [0.4, 0.5) is 0 Å². The monoisotopic (exact) mass is 171 g/mol. The number of carbonyl (C=O) groups is 1. The highest BCUT2D eigenvalue weighted by Gasteiger charge is 2.11. The predicted molar refractivity (Wildman–Crippen MR) is 54.0 cm³/mol. The van der Waals surface area contributed by atoms with Crippen LogP contribution < -0.4 is 0 Å². The Kier molecular flexibility index (Phi) is 9.54. The second-order valence-electron chi connectivity index (χ2n) is 2.38. The van der Waals surface area contributed by atoms with E-state index in [1.54, 1.807) is 18.0 Å². The molecule has 0 aromatic rings. The second-order valence-corrected chi connectivity index (χ2v) is 2.38. The first-order chi connectivity index (χ1) is 5.63. The summed E-state index contributed by atoms with van der Waals surface area (Å²) in [5, 5.41) is 0. The van der Waals surface area contributed by atoms with Crippen LogP contribution in [-0.4, -0.2) is 24.4 Å². The van der Waals surface area contributed by atoms with Crippen molar-refractivity contribution in [2.24, 2.45) is 5.92 Å². The van der Waals surface area contributed by atoms with E-state index in [4.69, 9.17) is 0 Å². The fraction of sp³-hybridized carbons (Fsp3) is 0.700. The van der Waals surface area contributed by atoms with E-state index in [1.165, 1.54) is 0 Å². The van der Waals surface area contributed by atoms with Crippen molar-refractivity contribution in [1.29, 1.82) is 0 Å². The Hall–Kier alpha value is -0.790. The normalized spacial score (nSPS) is 10.8. The molecule has 0 rings (SSSR count). The summed E-state index contributed by atoms with van der Waals surface area (Å²) >= 11 is 0. The maximum absolute atomic E-state index is 11.2. The molecule has 0 fully saturated rings. The molecule has 0 aromatic carbocycles. The van der Waals surface area contributed by atoms with Crippen LogP contribution in [0.2, 0.25) is 0 Å². The summed E-state index contributed by atoms with van der Waals surface area (Å²) in [4.78, 5) is 12.8. The third-order valence-electron chi connectivity index (χ3n) is 1.59. The van der Waals surface area contributed by atoms with Crippen molar-refractivity contribution in [1.82, 2.24) is 4.90 Å². The fourth-order valence-corrected chi connectivity index (χ4v) is 0.604. The average Bonchev–Trinajstić information content (AvgIpc) is 2.17. The van der Waals surface area contributed by atoms with Gasteiger partial charge in [0, 0.05) is 13.6 Å². The van der Waals surface area contributed by atoms with Gasteiger partial charge in [-0.05, 0) is 6.92 Å². The van der Waals surface area contributed by atoms with E-state index in [0.29, 0.717) is 0 Å². The van der Waals surface area contributed by atoms with Crippen LogP contribution >= 0.6 is 0 Å². The Labute approximate surface area is 76.3 Å². The van der Waals surface area contributed by atoms with Gasteiger partial charge in [-0.2, -0.15) is 0 Å². The lowest BCUT2D eigenvalue weighted by molar-refractivity contribution is -0.131. The number of amides is 1. The molecule has 0 aliphatic heterocycles. The van der Waals surface area contributed by atoms with Gasteiger partial charge in [0.25, 0.3) is 0 Å². The third-order valence-corrected chi connectivity index (χ3v) is 1.59. The quantitative estimate of drug-likeness (QED) is 0.597. The van der Waals surface area contributed by atoms with Crippen molar-refractivity contribution in [3.8, 4) is 0 Å². The first-order valence-electron chi connectivity index (χ1n) is 4.51. The molecule has 1 atom stereocenters. The van der Waals surface area contributed by atoms with Gasteiger partial charge in [-0.1, -0.05) is 26.8 Å². The fourth-order valence-electron chi connectivity index (χ4n) is 0.604. The Balaban J connectivity index is 0. The lowest BCUT2D eigenvalue weighted by atomic mass is 10.1. The summed E-state index contributed by atoms with van der Waals surface area (Å²) in [5.74, 6) is 0.0856. The van der Waals surface area contributed by atoms with Crippen molar-refractivity contribution in [2.45, 2.75) is 27.7 Å². The molecule has 0 aliphatic carbocycles. The second kappa shape index (κ2) is 8.31. The minimum absolute atomic E-state index is 0.0510. The summed E-state index contributed by atoms with van der Waals surface area (Å²) < 4.78 is 0. The summed E-state index contributed by atoms with van der Waals surface area (Å²) in [6.07, 6.45) is 1.66. The van der Waals surface area contributed by atoms with Crippen LogP contribution in [0.1, 0.15) is 27.7 Å². The van der Waals surface area contributed by atoms with Crippen molar-refractivity contribution in [3.63, 3.8) is 0 Å². The predicted octanol–water partition coefficient (Wildman–Crippen LogP) is 2.31. The molecule has 0 aliphatic rings. The maximum Gasteiger partial charge on any atom is 0.228 e. The minimum atomic E-state index is -0.0510. The first-order valence-corrected chi connectivity index (χ1v) is 4.51. The van der Waals surface area contributed by atoms with E-state index < -0.39 is 0 Å². The first kappa shape index (κ1) is 13.8. The van der Waals surface area contributed by atoms with Gasteiger partial charge < -0.3 is 4.90 Å². The summed E-state index contributed by atoms with van der Waals surface area (Å²) in [7, 11) is 1.79. The zero-order valence-electron chi connectivity index (χ0n) is 8.92. The summed E-state index contributed by atoms with van der Waals surface area (Å²) in [6, 6.07) is 0. The van der Waals surface area contributed by atoms with Gasteiger partial charge in [0.15, 0.2) is 0 Å². The molecule has 0 N–H and O–H groups in total. The largest absolute Gasteiger partial charge is 0.346 e. The Morgan fingerprint density at radius 3 is 2.25 bits per heavy atom. The van der Waals surface area contributed by atoms with Gasteiger partial charge in [0.05, 0.1) is 5.92 Å². The lowest BCUT2D eigenvalue weighted by Gasteiger charge is -2.16. The Morgan fingerprint density at radius 1 is 1.58 bits per heavy atom. The summed E-state index contributed by atoms with van der Waals surface area (Å²) in [6.45, 7) is 12.1. The number of hydrogen-bond acceptors (Lipinski definition) is 1. The molecule has 0 bridgehead atoms. The van der Waals surface area contributed by atoms with E-state index in [2.05, 4.69) is 6.58 Å². The van der Waals surface area contributed by atoms with Crippen molar-refractivity contribution in [2.75, 3.05) is 13.6 Å². The Bertz CT molecular complexity index is 132. The maximum atomic E-state index is 11.2. The topological polar surface area (TPSA) is 20.3 Å². The van der Waals surface area contributed by atoms with E-state index >= 15 is 0 Å². The van der Waals surface area contributed by atoms with Crippen LogP contribution in [0.3, 0.4) is 0 Å². The van der Waals surface area contributed by atoms with Gasteiger partial charge in [-0.3, -0.25) is 4.79 Å². The van der Waals surface area contributed by atoms with Gasteiger partial charge in [0.2, 0.25) is 5.91 Å². The van der Waals surface area contributed by atoms with E-state index in [-0.39, 0.29) is 11.8 Å². The van der Waals surface area contributed by atoms with E-state index in [1.807, 2.05) is 27.7 Å². The molecule has 1 unspecified atom stereocenters. The number of nitrogens with zero attached hydrogens (tertiary/aromatic N) is 1. The molecule has 0 saturated heterocycles. The molecule has 0 radical (unpaired) electrons. The minimum Gasteiger partial charge on any atom is -0.346 e. The lowest BCUT2D eigenvalue weighted by Crippen LogP contribution is -2.30. The molecular weight excluding hydrogens is 150 g/mol. The molecular formula is C10H21NO. The van der Waals surface area contributed by atoms with Crippen LogP contribution in [-0.2, 0) is 4.79 Å². The molecule has 0 saturated carbocycles. The molecule has 0 aromatic heterocycles. The zero-order valence-corrected chi connectivity index (χ0v) is 8.92. The van der Waals surface area contributed by atoms with Gasteiger partial charge in [0.1, 0.15) is 0 Å². The Morgan fingerprint density at radius 2 is 2.00 bits per heavy atom. The smallest absolute Gasteiger partial charge is 0.228 e. The molecule has 0 heterocycles. The summed E-state index contributed by atoms with van der Waals surface area (Å²) in [5.41, 5.74) is 0. The third kappa shape index (κ3) is 4.94. The molecule has 2 heteroatoms. The number of hydrogen-bond donors (Lipinski definition) is 0. The molecule has 72 valence electrons. The molecule has 2 nitrogen and oxygen atoms in total. The van der Waals surface area contributed by atoms with E-state index in [9.17, 15) is 4.79 Å². The van der Waals surface area contributed by atoms with Gasteiger partial charge in [-0.25, -0.2) is 0 Å². The molecule has 0 spiro atoms. The van der Waals surface area contributed by atoms with E-state index in [0.717, 1.165) is 6.54 Å². The van der Waals surface area contributed by atoms with Crippen LogP contribution in [0.15, 0.2) is 12.7 Å². The van der Waals surface area contributed by atoms with Gasteiger partial charge in [-0.15, -0.1) is 6.58 Å².